The molecule has 1 aliphatic heterocycles. The molecular weight excluding hydrogens is 409 g/mol. The van der Waals surface area contributed by atoms with Gasteiger partial charge in [0.1, 0.15) is 6.04 Å². The van der Waals surface area contributed by atoms with E-state index in [-0.39, 0.29) is 10.8 Å². The van der Waals surface area contributed by atoms with Crippen LogP contribution >= 0.6 is 23.2 Å². The zero-order chi connectivity index (χ0) is 19.0. The molecule has 2 aromatic carbocycles. The van der Waals surface area contributed by atoms with E-state index in [0.29, 0.717) is 28.8 Å². The lowest BCUT2D eigenvalue weighted by molar-refractivity contribution is 0.290. The molecule has 1 aromatic heterocycles. The molecule has 0 aliphatic carbocycles. The number of aromatic nitrogens is 2. The summed E-state index contributed by atoms with van der Waals surface area (Å²) in [6.45, 7) is 0.397. The van der Waals surface area contributed by atoms with Crippen molar-refractivity contribution in [3.05, 3.63) is 64.5 Å². The Hall–Kier alpha value is -1.93. The average molecular weight is 424 g/mol. The maximum Gasteiger partial charge on any atom is 0.245 e. The van der Waals surface area contributed by atoms with Gasteiger partial charge in [0.25, 0.3) is 0 Å². The highest BCUT2D eigenvalue weighted by Crippen LogP contribution is 2.36. The molecule has 1 atom stereocenters. The first kappa shape index (κ1) is 18.4. The van der Waals surface area contributed by atoms with Crippen LogP contribution in [0.15, 0.2) is 57.9 Å². The van der Waals surface area contributed by atoms with E-state index < -0.39 is 16.1 Å². The van der Waals surface area contributed by atoms with Crippen LogP contribution in [0.3, 0.4) is 0 Å². The van der Waals surface area contributed by atoms with Crippen LogP contribution in [-0.4, -0.2) is 29.4 Å². The van der Waals surface area contributed by atoms with E-state index in [1.54, 1.807) is 36.4 Å². The summed E-state index contributed by atoms with van der Waals surface area (Å²) in [5.74, 6) is 0.687. The summed E-state index contributed by atoms with van der Waals surface area (Å²) in [6.07, 6.45) is 1.34. The summed E-state index contributed by atoms with van der Waals surface area (Å²) in [5, 5.41) is 5.09. The van der Waals surface area contributed by atoms with Crippen molar-refractivity contribution in [2.75, 3.05) is 6.54 Å². The third-order valence-electron chi connectivity index (χ3n) is 4.45. The van der Waals surface area contributed by atoms with Gasteiger partial charge in [-0.25, -0.2) is 8.42 Å². The predicted octanol–water partition coefficient (Wildman–Crippen LogP) is 4.57. The second-order valence-electron chi connectivity index (χ2n) is 6.19. The number of sulfonamides is 1. The van der Waals surface area contributed by atoms with Gasteiger partial charge in [-0.3, -0.25) is 0 Å². The van der Waals surface area contributed by atoms with Crippen LogP contribution in [0.1, 0.15) is 24.8 Å². The van der Waals surface area contributed by atoms with E-state index in [0.717, 1.165) is 12.0 Å². The summed E-state index contributed by atoms with van der Waals surface area (Å²) in [5.41, 5.74) is 0.750. The molecule has 0 N–H and O–H groups in total. The van der Waals surface area contributed by atoms with E-state index >= 15 is 0 Å². The van der Waals surface area contributed by atoms with Crippen molar-refractivity contribution < 1.29 is 12.9 Å². The first-order valence-corrected chi connectivity index (χ1v) is 10.5. The highest BCUT2D eigenvalue weighted by molar-refractivity contribution is 7.89. The number of hydrogen-bond donors (Lipinski definition) is 0. The van der Waals surface area contributed by atoms with E-state index in [1.165, 1.54) is 16.4 Å². The summed E-state index contributed by atoms with van der Waals surface area (Å²) >= 11 is 11.8. The first-order valence-electron chi connectivity index (χ1n) is 8.32. The zero-order valence-electron chi connectivity index (χ0n) is 14.0. The lowest BCUT2D eigenvalue weighted by atomic mass is 10.2. The molecule has 4 rings (SSSR count). The van der Waals surface area contributed by atoms with E-state index in [2.05, 4.69) is 10.1 Å². The van der Waals surface area contributed by atoms with Crippen molar-refractivity contribution in [1.82, 2.24) is 14.4 Å². The summed E-state index contributed by atoms with van der Waals surface area (Å²) in [7, 11) is -3.68. The fourth-order valence-electron chi connectivity index (χ4n) is 3.10. The molecule has 9 heteroatoms. The Bertz CT molecular complexity index is 1050. The molecule has 3 aromatic rings. The Kier molecular flexibility index (Phi) is 4.94. The van der Waals surface area contributed by atoms with Crippen LogP contribution in [0, 0.1) is 0 Å². The van der Waals surface area contributed by atoms with Crippen LogP contribution in [0.2, 0.25) is 10.0 Å². The fraction of sp³-hybridized carbons (Fsp3) is 0.222. The minimum absolute atomic E-state index is 0.191. The molecule has 27 heavy (non-hydrogen) atoms. The lowest BCUT2D eigenvalue weighted by Gasteiger charge is -2.21. The molecule has 6 nitrogen and oxygen atoms in total. The number of halogens is 2. The topological polar surface area (TPSA) is 76.3 Å². The molecule has 0 spiro atoms. The molecule has 0 amide bonds. The summed E-state index contributed by atoms with van der Waals surface area (Å²) < 4.78 is 32.8. The molecule has 1 aliphatic rings. The van der Waals surface area contributed by atoms with Gasteiger partial charge < -0.3 is 4.52 Å². The third-order valence-corrected chi connectivity index (χ3v) is 6.88. The minimum Gasteiger partial charge on any atom is -0.337 e. The molecule has 1 fully saturated rings. The number of nitrogens with zero attached hydrogens (tertiary/aromatic N) is 3. The van der Waals surface area contributed by atoms with Crippen LogP contribution in [0.25, 0.3) is 11.4 Å². The van der Waals surface area contributed by atoms with Gasteiger partial charge in [0.05, 0.1) is 4.90 Å². The van der Waals surface area contributed by atoms with E-state index in [1.807, 2.05) is 0 Å². The van der Waals surface area contributed by atoms with Crippen LogP contribution < -0.4 is 0 Å². The van der Waals surface area contributed by atoms with Gasteiger partial charge in [-0.15, -0.1) is 0 Å². The standard InChI is InChI=1S/C18H15Cl2N3O3S/c19-13-5-3-12(4-6-13)17-21-18(26-22-17)16-2-1-11-23(16)27(24,25)15-9-7-14(20)8-10-15/h3-10,16H,1-2,11H2/t16-/m1/s1. The molecular formula is C18H15Cl2N3O3S. The fourth-order valence-corrected chi connectivity index (χ4v) is 5.01. The molecule has 2 heterocycles. The third kappa shape index (κ3) is 3.60. The maximum absolute atomic E-state index is 13.0. The van der Waals surface area contributed by atoms with Gasteiger partial charge in [-0.05, 0) is 61.4 Å². The molecule has 0 radical (unpaired) electrons. The maximum atomic E-state index is 13.0. The predicted molar refractivity (Wildman–Crippen MR) is 102 cm³/mol. The van der Waals surface area contributed by atoms with Gasteiger partial charge >= 0.3 is 0 Å². The van der Waals surface area contributed by atoms with Crippen LogP contribution in [0.5, 0.6) is 0 Å². The van der Waals surface area contributed by atoms with Crippen molar-refractivity contribution in [1.29, 1.82) is 0 Å². The SMILES string of the molecule is O=S(=O)(c1ccc(Cl)cc1)N1CCC[C@@H]1c1nc(-c2ccc(Cl)cc2)no1. The van der Waals surface area contributed by atoms with Crippen LogP contribution in [-0.2, 0) is 10.0 Å². The number of benzene rings is 2. The first-order chi connectivity index (χ1) is 12.9. The van der Waals surface area contributed by atoms with Crippen molar-refractivity contribution >= 4 is 33.2 Å². The Labute approximate surface area is 166 Å². The lowest BCUT2D eigenvalue weighted by Crippen LogP contribution is -2.30. The quantitative estimate of drug-likeness (QED) is 0.613. The largest absolute Gasteiger partial charge is 0.337 e. The molecule has 1 saturated heterocycles. The molecule has 0 bridgehead atoms. The van der Waals surface area contributed by atoms with E-state index in [9.17, 15) is 8.42 Å². The van der Waals surface area contributed by atoms with Gasteiger partial charge in [0.15, 0.2) is 0 Å². The minimum atomic E-state index is -3.68. The van der Waals surface area contributed by atoms with Gasteiger partial charge in [-0.2, -0.15) is 9.29 Å². The Morgan fingerprint density at radius 2 is 1.63 bits per heavy atom. The van der Waals surface area contributed by atoms with Gasteiger partial charge in [0.2, 0.25) is 21.7 Å². The average Bonchev–Trinajstić information content (AvgIpc) is 3.32. The molecule has 0 unspecified atom stereocenters. The Morgan fingerprint density at radius 1 is 1.00 bits per heavy atom. The second-order valence-corrected chi connectivity index (χ2v) is 8.95. The number of hydrogen-bond acceptors (Lipinski definition) is 5. The summed E-state index contributed by atoms with van der Waals surface area (Å²) in [4.78, 5) is 4.61. The van der Waals surface area contributed by atoms with Crippen molar-refractivity contribution in [3.8, 4) is 11.4 Å². The Balaban J connectivity index is 1.64. The van der Waals surface area contributed by atoms with Crippen LogP contribution in [0.4, 0.5) is 0 Å². The van der Waals surface area contributed by atoms with Crippen molar-refractivity contribution in [2.24, 2.45) is 0 Å². The Morgan fingerprint density at radius 3 is 2.30 bits per heavy atom. The summed E-state index contributed by atoms with van der Waals surface area (Å²) in [6, 6.07) is 12.7. The molecule has 0 saturated carbocycles. The normalized spacial score (nSPS) is 18.1. The smallest absolute Gasteiger partial charge is 0.245 e. The zero-order valence-corrected chi connectivity index (χ0v) is 16.4. The van der Waals surface area contributed by atoms with Crippen molar-refractivity contribution in [2.45, 2.75) is 23.8 Å². The van der Waals surface area contributed by atoms with Gasteiger partial charge in [-0.1, -0.05) is 28.4 Å². The van der Waals surface area contributed by atoms with Crippen molar-refractivity contribution in [3.63, 3.8) is 0 Å². The second kappa shape index (κ2) is 7.24. The monoisotopic (exact) mass is 423 g/mol. The van der Waals surface area contributed by atoms with Gasteiger partial charge in [0, 0.05) is 22.2 Å². The molecule has 140 valence electrons. The highest BCUT2D eigenvalue weighted by atomic mass is 35.5. The number of rotatable bonds is 4. The highest BCUT2D eigenvalue weighted by Gasteiger charge is 2.39. The van der Waals surface area contributed by atoms with E-state index in [4.69, 9.17) is 27.7 Å².